The van der Waals surface area contributed by atoms with Crippen LogP contribution in [0.4, 0.5) is 26.6 Å². The number of nitrogens with two attached hydrogens (primary N) is 1. The Hall–Kier alpha value is -4.02. The highest BCUT2D eigenvalue weighted by atomic mass is 19.1. The number of amides is 2. The van der Waals surface area contributed by atoms with Crippen LogP contribution in [0.15, 0.2) is 42.9 Å². The maximum absolute atomic E-state index is 14.1. The molecule has 3 heterocycles. The number of carbonyl (C=O) groups excluding carboxylic acids is 1. The summed E-state index contributed by atoms with van der Waals surface area (Å²) in [4.78, 5) is 33.0. The molecule has 0 bridgehead atoms. The number of halogens is 1. The third-order valence-corrected chi connectivity index (χ3v) is 5.28. The molecule has 1 aromatic carbocycles. The monoisotopic (exact) mass is 452 g/mol. The Bertz CT molecular complexity index is 1120. The number of urea groups is 1. The SMILES string of the molecule is CCc1ccc(F)c(NC(=O)N2CCN(c3nccnc3OCc3ccnc(N)n3)CC2)c1. The zero-order valence-corrected chi connectivity index (χ0v) is 18.2. The summed E-state index contributed by atoms with van der Waals surface area (Å²) in [5.74, 6) is 0.671. The van der Waals surface area contributed by atoms with Gasteiger partial charge in [-0.05, 0) is 30.2 Å². The molecule has 0 unspecified atom stereocenters. The Morgan fingerprint density at radius 1 is 1.12 bits per heavy atom. The number of aryl methyl sites for hydroxylation is 1. The summed E-state index contributed by atoms with van der Waals surface area (Å²) in [7, 11) is 0. The number of benzene rings is 1. The number of nitrogen functional groups attached to an aromatic ring is 1. The van der Waals surface area contributed by atoms with Crippen molar-refractivity contribution in [1.29, 1.82) is 0 Å². The lowest BCUT2D eigenvalue weighted by Gasteiger charge is -2.35. The number of piperazine rings is 1. The van der Waals surface area contributed by atoms with Crippen LogP contribution in [0, 0.1) is 5.82 Å². The maximum atomic E-state index is 14.1. The van der Waals surface area contributed by atoms with Gasteiger partial charge in [-0.1, -0.05) is 13.0 Å². The molecule has 0 saturated carbocycles. The van der Waals surface area contributed by atoms with E-state index in [9.17, 15) is 9.18 Å². The number of carbonyl (C=O) groups is 1. The van der Waals surface area contributed by atoms with Crippen LogP contribution in [0.1, 0.15) is 18.2 Å². The van der Waals surface area contributed by atoms with Crippen LogP contribution < -0.4 is 20.7 Å². The van der Waals surface area contributed by atoms with Crippen LogP contribution in [-0.2, 0) is 13.0 Å². The smallest absolute Gasteiger partial charge is 0.322 e. The highest BCUT2D eigenvalue weighted by Crippen LogP contribution is 2.25. The van der Waals surface area contributed by atoms with Gasteiger partial charge < -0.3 is 25.6 Å². The number of nitrogens with one attached hydrogen (secondary N) is 1. The van der Waals surface area contributed by atoms with E-state index in [1.807, 2.05) is 11.8 Å². The van der Waals surface area contributed by atoms with Gasteiger partial charge in [-0.25, -0.2) is 29.1 Å². The minimum Gasteiger partial charge on any atom is -0.469 e. The second-order valence-electron chi connectivity index (χ2n) is 7.45. The Labute approximate surface area is 190 Å². The van der Waals surface area contributed by atoms with Crippen molar-refractivity contribution in [2.75, 3.05) is 42.1 Å². The van der Waals surface area contributed by atoms with Crippen molar-refractivity contribution in [3.8, 4) is 5.88 Å². The number of aromatic nitrogens is 4. The van der Waals surface area contributed by atoms with Crippen LogP contribution in [0.2, 0.25) is 0 Å². The highest BCUT2D eigenvalue weighted by molar-refractivity contribution is 5.89. The van der Waals surface area contributed by atoms with Crippen molar-refractivity contribution in [3.05, 3.63) is 59.9 Å². The predicted molar refractivity (Wildman–Crippen MR) is 121 cm³/mol. The molecule has 3 N–H and O–H groups in total. The molecule has 0 radical (unpaired) electrons. The van der Waals surface area contributed by atoms with Crippen molar-refractivity contribution < 1.29 is 13.9 Å². The lowest BCUT2D eigenvalue weighted by molar-refractivity contribution is 0.207. The highest BCUT2D eigenvalue weighted by Gasteiger charge is 2.25. The van der Waals surface area contributed by atoms with Gasteiger partial charge in [-0.2, -0.15) is 0 Å². The fraction of sp³-hybridized carbons (Fsp3) is 0.318. The number of nitrogens with zero attached hydrogens (tertiary/aromatic N) is 6. The van der Waals surface area contributed by atoms with Gasteiger partial charge in [0.25, 0.3) is 5.88 Å². The van der Waals surface area contributed by atoms with Crippen molar-refractivity contribution in [2.24, 2.45) is 0 Å². The van der Waals surface area contributed by atoms with Gasteiger partial charge in [0, 0.05) is 44.8 Å². The lowest BCUT2D eigenvalue weighted by atomic mass is 10.1. The van der Waals surface area contributed by atoms with Gasteiger partial charge in [0.05, 0.1) is 11.4 Å². The summed E-state index contributed by atoms with van der Waals surface area (Å²) in [6.07, 6.45) is 5.46. The van der Waals surface area contributed by atoms with Crippen LogP contribution in [-0.4, -0.2) is 57.0 Å². The Kier molecular flexibility index (Phi) is 6.77. The molecule has 172 valence electrons. The summed E-state index contributed by atoms with van der Waals surface area (Å²) >= 11 is 0. The van der Waals surface area contributed by atoms with Crippen molar-refractivity contribution in [3.63, 3.8) is 0 Å². The topological polar surface area (TPSA) is 122 Å². The maximum Gasteiger partial charge on any atom is 0.322 e. The summed E-state index contributed by atoms with van der Waals surface area (Å²) < 4.78 is 19.9. The van der Waals surface area contributed by atoms with E-state index in [-0.39, 0.29) is 24.3 Å². The first-order valence-electron chi connectivity index (χ1n) is 10.6. The zero-order chi connectivity index (χ0) is 23.2. The third kappa shape index (κ3) is 5.43. The van der Waals surface area contributed by atoms with E-state index in [1.165, 1.54) is 6.07 Å². The first-order valence-corrected chi connectivity index (χ1v) is 10.6. The Morgan fingerprint density at radius 2 is 1.91 bits per heavy atom. The van der Waals surface area contributed by atoms with Crippen LogP contribution >= 0.6 is 0 Å². The zero-order valence-electron chi connectivity index (χ0n) is 18.2. The summed E-state index contributed by atoms with van der Waals surface area (Å²) in [6, 6.07) is 6.13. The van der Waals surface area contributed by atoms with E-state index in [4.69, 9.17) is 10.5 Å². The van der Waals surface area contributed by atoms with Crippen LogP contribution in [0.5, 0.6) is 5.88 Å². The average molecular weight is 452 g/mol. The molecule has 0 aliphatic carbocycles. The number of anilines is 3. The van der Waals surface area contributed by atoms with Crippen LogP contribution in [0.3, 0.4) is 0 Å². The largest absolute Gasteiger partial charge is 0.469 e. The minimum atomic E-state index is -0.453. The van der Waals surface area contributed by atoms with Gasteiger partial charge in [0.15, 0.2) is 5.82 Å². The second-order valence-corrected chi connectivity index (χ2v) is 7.45. The van der Waals surface area contributed by atoms with Crippen molar-refractivity contribution >= 4 is 23.5 Å². The molecule has 2 amide bonds. The van der Waals surface area contributed by atoms with Crippen molar-refractivity contribution in [2.45, 2.75) is 20.0 Å². The number of ether oxygens (including phenoxy) is 1. The standard InChI is InChI=1S/C22H25FN8O2/c1-2-15-3-4-17(23)18(13-15)29-22(32)31-11-9-30(10-12-31)19-20(26-8-7-25-19)33-14-16-5-6-27-21(24)28-16/h3-8,13H,2,9-12,14H2,1H3,(H,29,32)(H2,24,27,28). The molecule has 0 spiro atoms. The van der Waals surface area contributed by atoms with E-state index in [1.54, 1.807) is 41.7 Å². The summed E-state index contributed by atoms with van der Waals surface area (Å²) in [6.45, 7) is 4.09. The molecule has 3 aromatic rings. The first-order chi connectivity index (χ1) is 16.0. The van der Waals surface area contributed by atoms with E-state index in [0.717, 1.165) is 12.0 Å². The van der Waals surface area contributed by atoms with E-state index >= 15 is 0 Å². The molecule has 0 atom stereocenters. The van der Waals surface area contributed by atoms with Gasteiger partial charge in [0.1, 0.15) is 12.4 Å². The van der Waals surface area contributed by atoms with Crippen molar-refractivity contribution in [1.82, 2.24) is 24.8 Å². The summed E-state index contributed by atoms with van der Waals surface area (Å²) in [5, 5.41) is 2.68. The van der Waals surface area contributed by atoms with Crippen LogP contribution in [0.25, 0.3) is 0 Å². The number of rotatable bonds is 6. The molecule has 1 aliphatic rings. The lowest BCUT2D eigenvalue weighted by Crippen LogP contribution is -2.50. The summed E-state index contributed by atoms with van der Waals surface area (Å²) in [5.41, 5.74) is 7.38. The fourth-order valence-electron chi connectivity index (χ4n) is 3.48. The second kappa shape index (κ2) is 10.1. The number of hydrogen-bond acceptors (Lipinski definition) is 8. The van der Waals surface area contributed by atoms with Gasteiger partial charge >= 0.3 is 6.03 Å². The van der Waals surface area contributed by atoms with Gasteiger partial charge in [0.2, 0.25) is 5.95 Å². The fourth-order valence-corrected chi connectivity index (χ4v) is 3.48. The third-order valence-electron chi connectivity index (χ3n) is 5.28. The van der Waals surface area contributed by atoms with E-state index in [0.29, 0.717) is 43.6 Å². The average Bonchev–Trinajstić information content (AvgIpc) is 2.84. The molecule has 1 fully saturated rings. The molecule has 4 rings (SSSR count). The quantitative estimate of drug-likeness (QED) is 0.585. The van der Waals surface area contributed by atoms with Gasteiger partial charge in [-0.15, -0.1) is 0 Å². The molecule has 11 heteroatoms. The Morgan fingerprint density at radius 3 is 2.67 bits per heavy atom. The van der Waals surface area contributed by atoms with E-state index in [2.05, 4.69) is 25.3 Å². The molecular weight excluding hydrogens is 427 g/mol. The molecule has 10 nitrogen and oxygen atoms in total. The van der Waals surface area contributed by atoms with E-state index < -0.39 is 5.82 Å². The Balaban J connectivity index is 1.36. The molecule has 1 saturated heterocycles. The molecule has 2 aromatic heterocycles. The predicted octanol–water partition coefficient (Wildman–Crippen LogP) is 2.48. The molecular formula is C22H25FN8O2. The first kappa shape index (κ1) is 22.2. The number of hydrogen-bond donors (Lipinski definition) is 2. The molecule has 33 heavy (non-hydrogen) atoms. The minimum absolute atomic E-state index is 0.170. The molecule has 1 aliphatic heterocycles. The normalized spacial score (nSPS) is 13.6. The van der Waals surface area contributed by atoms with Gasteiger partial charge in [-0.3, -0.25) is 0 Å².